The van der Waals surface area contributed by atoms with Gasteiger partial charge >= 0.3 is 0 Å². The van der Waals surface area contributed by atoms with Crippen molar-refractivity contribution in [2.45, 2.75) is 72.2 Å². The minimum atomic E-state index is -0.696. The third kappa shape index (κ3) is 2.42. The molecule has 29 heavy (non-hydrogen) atoms. The Morgan fingerprint density at radius 3 is 2.52 bits per heavy atom. The molecule has 4 aliphatic rings. The van der Waals surface area contributed by atoms with Crippen molar-refractivity contribution in [2.24, 2.45) is 34.0 Å². The molecular weight excluding hydrogens is 356 g/mol. The van der Waals surface area contributed by atoms with Crippen LogP contribution in [0.3, 0.4) is 0 Å². The third-order valence-corrected chi connectivity index (χ3v) is 9.19. The number of allylic oxidation sites excluding steroid dienone is 2. The first-order valence-corrected chi connectivity index (χ1v) is 11.4. The van der Waals surface area contributed by atoms with Crippen LogP contribution in [-0.4, -0.2) is 16.8 Å². The zero-order valence-corrected chi connectivity index (χ0v) is 18.6. The van der Waals surface area contributed by atoms with Crippen LogP contribution in [0.1, 0.15) is 59.4 Å². The summed E-state index contributed by atoms with van der Waals surface area (Å²) in [5, 5.41) is 12.6. The fraction of sp³-hybridized carbons (Fsp3) is 0.630. The van der Waals surface area contributed by atoms with E-state index in [2.05, 4.69) is 83.2 Å². The highest BCUT2D eigenvalue weighted by Gasteiger charge is 2.73. The standard InChI is InChI=1S/C27H36O2/c1-18-15-21-20(23(18)29-17-19-9-7-6-8-10-19)16-25(4)12-11-22-24(2,3)13-14-26(22,5)27(21,25)28/h6-11,13-14,18,20-21,23,28H,12,15-17H2,1-5H3/t18-,20+,21+,23+,25+,26-,27+/m1/s1. The summed E-state index contributed by atoms with van der Waals surface area (Å²) in [6.45, 7) is 12.2. The Kier molecular flexibility index (Phi) is 4.10. The molecule has 0 aliphatic heterocycles. The highest BCUT2D eigenvalue weighted by Crippen LogP contribution is 2.73. The molecule has 1 aromatic rings. The van der Waals surface area contributed by atoms with Crippen LogP contribution in [0.15, 0.2) is 54.1 Å². The van der Waals surface area contributed by atoms with Crippen molar-refractivity contribution in [3.05, 3.63) is 59.7 Å². The van der Waals surface area contributed by atoms with Gasteiger partial charge in [-0.25, -0.2) is 0 Å². The lowest BCUT2D eigenvalue weighted by Crippen LogP contribution is -2.60. The fourth-order valence-corrected chi connectivity index (χ4v) is 7.89. The highest BCUT2D eigenvalue weighted by atomic mass is 16.5. The number of hydrogen-bond acceptors (Lipinski definition) is 2. The van der Waals surface area contributed by atoms with Gasteiger partial charge in [0.05, 0.1) is 18.3 Å². The first-order valence-electron chi connectivity index (χ1n) is 11.4. The van der Waals surface area contributed by atoms with Crippen LogP contribution in [0, 0.1) is 34.0 Å². The Balaban J connectivity index is 1.47. The van der Waals surface area contributed by atoms with Crippen molar-refractivity contribution >= 4 is 0 Å². The van der Waals surface area contributed by atoms with Crippen LogP contribution in [0.2, 0.25) is 0 Å². The second-order valence-electron chi connectivity index (χ2n) is 11.4. The zero-order valence-electron chi connectivity index (χ0n) is 18.6. The molecule has 0 radical (unpaired) electrons. The predicted octanol–water partition coefficient (Wildman–Crippen LogP) is 5.92. The van der Waals surface area contributed by atoms with E-state index >= 15 is 0 Å². The van der Waals surface area contributed by atoms with Gasteiger partial charge in [-0.1, -0.05) is 81.8 Å². The van der Waals surface area contributed by atoms with Gasteiger partial charge in [-0.05, 0) is 49.5 Å². The molecule has 5 rings (SSSR count). The van der Waals surface area contributed by atoms with E-state index in [1.807, 2.05) is 0 Å². The average Bonchev–Trinajstić information content (AvgIpc) is 3.20. The molecule has 156 valence electrons. The molecule has 0 spiro atoms. The molecule has 0 amide bonds. The van der Waals surface area contributed by atoms with Crippen molar-refractivity contribution in [1.29, 1.82) is 0 Å². The molecule has 4 aliphatic carbocycles. The lowest BCUT2D eigenvalue weighted by molar-refractivity contribution is -0.149. The molecular formula is C27H36O2. The summed E-state index contributed by atoms with van der Waals surface area (Å²) in [4.78, 5) is 0. The van der Waals surface area contributed by atoms with Gasteiger partial charge in [0.15, 0.2) is 0 Å². The van der Waals surface area contributed by atoms with Crippen molar-refractivity contribution < 1.29 is 9.84 Å². The van der Waals surface area contributed by atoms with Crippen LogP contribution < -0.4 is 0 Å². The van der Waals surface area contributed by atoms with Crippen LogP contribution in [0.4, 0.5) is 0 Å². The molecule has 0 saturated heterocycles. The van der Waals surface area contributed by atoms with Gasteiger partial charge in [-0.2, -0.15) is 0 Å². The monoisotopic (exact) mass is 392 g/mol. The van der Waals surface area contributed by atoms with Crippen molar-refractivity contribution in [2.75, 3.05) is 0 Å². The van der Waals surface area contributed by atoms with E-state index in [-0.39, 0.29) is 22.3 Å². The van der Waals surface area contributed by atoms with Crippen molar-refractivity contribution in [3.8, 4) is 0 Å². The fourth-order valence-electron chi connectivity index (χ4n) is 7.89. The Morgan fingerprint density at radius 1 is 1.07 bits per heavy atom. The summed E-state index contributed by atoms with van der Waals surface area (Å²) in [6, 6.07) is 10.5. The van der Waals surface area contributed by atoms with Gasteiger partial charge in [0, 0.05) is 16.2 Å². The zero-order chi connectivity index (χ0) is 20.7. The van der Waals surface area contributed by atoms with Gasteiger partial charge in [0.2, 0.25) is 0 Å². The van der Waals surface area contributed by atoms with E-state index in [4.69, 9.17) is 4.74 Å². The molecule has 0 heterocycles. The van der Waals surface area contributed by atoms with E-state index in [1.165, 1.54) is 11.1 Å². The number of hydrogen-bond donors (Lipinski definition) is 1. The van der Waals surface area contributed by atoms with E-state index < -0.39 is 5.60 Å². The largest absolute Gasteiger partial charge is 0.388 e. The second-order valence-corrected chi connectivity index (χ2v) is 11.4. The van der Waals surface area contributed by atoms with Crippen molar-refractivity contribution in [3.63, 3.8) is 0 Å². The summed E-state index contributed by atoms with van der Waals surface area (Å²) in [6.07, 6.45) is 10.5. The lowest BCUT2D eigenvalue weighted by Gasteiger charge is -2.57. The average molecular weight is 393 g/mol. The molecule has 2 fully saturated rings. The normalized spacial score (nSPS) is 46.9. The maximum Gasteiger partial charge on any atom is 0.0860 e. The van der Waals surface area contributed by atoms with Gasteiger partial charge in [0.25, 0.3) is 0 Å². The van der Waals surface area contributed by atoms with Crippen LogP contribution >= 0.6 is 0 Å². The number of benzene rings is 1. The minimum Gasteiger partial charge on any atom is -0.388 e. The van der Waals surface area contributed by atoms with Gasteiger partial charge < -0.3 is 9.84 Å². The highest BCUT2D eigenvalue weighted by molar-refractivity contribution is 5.47. The lowest BCUT2D eigenvalue weighted by atomic mass is 9.51. The topological polar surface area (TPSA) is 29.5 Å². The number of aliphatic hydroxyl groups is 1. The number of rotatable bonds is 3. The molecule has 0 aromatic heterocycles. The molecule has 7 atom stereocenters. The van der Waals surface area contributed by atoms with Gasteiger partial charge in [0.1, 0.15) is 0 Å². The van der Waals surface area contributed by atoms with E-state index in [9.17, 15) is 5.11 Å². The third-order valence-electron chi connectivity index (χ3n) is 9.19. The SMILES string of the molecule is C[C@@H]1C[C@H]2[C@H](C[C@]3(C)CC=C4C(C)(C)C=C[C@@]4(C)[C@]23O)[C@H]1OCc1ccccc1. The smallest absolute Gasteiger partial charge is 0.0860 e. The molecule has 2 heteroatoms. The molecule has 0 unspecified atom stereocenters. The van der Waals surface area contributed by atoms with E-state index in [0.29, 0.717) is 24.4 Å². The molecule has 0 bridgehead atoms. The van der Waals surface area contributed by atoms with E-state index in [1.54, 1.807) is 0 Å². The Morgan fingerprint density at radius 2 is 1.79 bits per heavy atom. The van der Waals surface area contributed by atoms with Crippen molar-refractivity contribution in [1.82, 2.24) is 0 Å². The summed E-state index contributed by atoms with van der Waals surface area (Å²) in [5.74, 6) is 1.22. The summed E-state index contributed by atoms with van der Waals surface area (Å²) in [5.41, 5.74) is 1.65. The first kappa shape index (κ1) is 19.6. The maximum atomic E-state index is 12.6. The Hall–Kier alpha value is -1.38. The van der Waals surface area contributed by atoms with E-state index in [0.717, 1.165) is 19.3 Å². The molecule has 2 saturated carbocycles. The summed E-state index contributed by atoms with van der Waals surface area (Å²) >= 11 is 0. The Bertz CT molecular complexity index is 868. The quantitative estimate of drug-likeness (QED) is 0.647. The molecule has 1 aromatic carbocycles. The van der Waals surface area contributed by atoms with Gasteiger partial charge in [-0.3, -0.25) is 0 Å². The second kappa shape index (κ2) is 6.08. The van der Waals surface area contributed by atoms with Crippen LogP contribution in [-0.2, 0) is 11.3 Å². The summed E-state index contributed by atoms with van der Waals surface area (Å²) < 4.78 is 6.55. The maximum absolute atomic E-state index is 12.6. The summed E-state index contributed by atoms with van der Waals surface area (Å²) in [7, 11) is 0. The first-order chi connectivity index (χ1) is 13.6. The minimum absolute atomic E-state index is 0.0390. The molecule has 2 nitrogen and oxygen atoms in total. The Labute approximate surface area is 176 Å². The predicted molar refractivity (Wildman–Crippen MR) is 117 cm³/mol. The van der Waals surface area contributed by atoms with Crippen LogP contribution in [0.25, 0.3) is 0 Å². The van der Waals surface area contributed by atoms with Gasteiger partial charge in [-0.15, -0.1) is 0 Å². The number of ether oxygens (including phenoxy) is 1. The van der Waals surface area contributed by atoms with Crippen LogP contribution in [0.5, 0.6) is 0 Å². The number of fused-ring (bicyclic) bond motifs is 5. The molecule has 1 N–H and O–H groups in total.